The Kier molecular flexibility index (Phi) is 4.73. The minimum atomic E-state index is -0.272. The van der Waals surface area contributed by atoms with Gasteiger partial charge in [-0.1, -0.05) is 42.1 Å². The van der Waals surface area contributed by atoms with Crippen LogP contribution in [0.3, 0.4) is 0 Å². The molecule has 1 saturated heterocycles. The summed E-state index contributed by atoms with van der Waals surface area (Å²) in [4.78, 5) is 12.0. The number of ether oxygens (including phenoxy) is 1. The molecule has 1 aliphatic heterocycles. The molecule has 5 nitrogen and oxygen atoms in total. The molecule has 23 heavy (non-hydrogen) atoms. The van der Waals surface area contributed by atoms with E-state index >= 15 is 0 Å². The van der Waals surface area contributed by atoms with Gasteiger partial charge in [0, 0.05) is 0 Å². The molecule has 1 amide bonds. The van der Waals surface area contributed by atoms with Crippen molar-refractivity contribution in [1.82, 2.24) is 5.32 Å². The van der Waals surface area contributed by atoms with E-state index in [0.29, 0.717) is 5.17 Å². The predicted molar refractivity (Wildman–Crippen MR) is 92.9 cm³/mol. The molecule has 1 heterocycles. The molecule has 0 unspecified atom stereocenters. The Morgan fingerprint density at radius 1 is 1.13 bits per heavy atom. The standard InChI is InChI=1S/C17H15N3O2S/c1-22-14-9-7-12(8-10-14)11-18-20-17-19-16(21)15(23-17)13-5-3-2-4-6-13/h2-11,15H,1H3,(H,19,20,21)/b18-11+/t15-/m1/s1. The summed E-state index contributed by atoms with van der Waals surface area (Å²) in [5, 5.41) is 11.1. The van der Waals surface area contributed by atoms with Gasteiger partial charge in [-0.15, -0.1) is 5.10 Å². The third-order valence-corrected chi connectivity index (χ3v) is 4.40. The molecule has 0 radical (unpaired) electrons. The van der Waals surface area contributed by atoms with Gasteiger partial charge in [-0.25, -0.2) is 0 Å². The van der Waals surface area contributed by atoms with Gasteiger partial charge < -0.3 is 10.1 Å². The van der Waals surface area contributed by atoms with E-state index in [-0.39, 0.29) is 11.2 Å². The average molecular weight is 325 g/mol. The number of rotatable bonds is 4. The molecule has 0 spiro atoms. The van der Waals surface area contributed by atoms with Gasteiger partial charge in [-0.3, -0.25) is 4.79 Å². The van der Waals surface area contributed by atoms with Crippen molar-refractivity contribution in [2.24, 2.45) is 10.2 Å². The molecule has 0 aliphatic carbocycles. The van der Waals surface area contributed by atoms with Crippen LogP contribution in [0.5, 0.6) is 5.75 Å². The first-order chi connectivity index (χ1) is 11.3. The summed E-state index contributed by atoms with van der Waals surface area (Å²) < 4.78 is 5.10. The Balaban J connectivity index is 1.66. The number of carbonyl (C=O) groups is 1. The zero-order valence-corrected chi connectivity index (χ0v) is 13.3. The molecule has 0 bridgehead atoms. The summed E-state index contributed by atoms with van der Waals surface area (Å²) in [6.07, 6.45) is 1.63. The van der Waals surface area contributed by atoms with Crippen LogP contribution in [-0.4, -0.2) is 24.4 Å². The molecule has 0 aromatic heterocycles. The molecule has 1 N–H and O–H groups in total. The lowest BCUT2D eigenvalue weighted by Crippen LogP contribution is -2.21. The highest BCUT2D eigenvalue weighted by Crippen LogP contribution is 2.34. The topological polar surface area (TPSA) is 63.1 Å². The van der Waals surface area contributed by atoms with Crippen molar-refractivity contribution < 1.29 is 9.53 Å². The fraction of sp³-hybridized carbons (Fsp3) is 0.118. The molecule has 2 aromatic rings. The van der Waals surface area contributed by atoms with E-state index in [0.717, 1.165) is 16.9 Å². The van der Waals surface area contributed by atoms with Gasteiger partial charge in [-0.2, -0.15) is 5.10 Å². The van der Waals surface area contributed by atoms with Crippen LogP contribution in [0.1, 0.15) is 16.4 Å². The molecule has 1 aliphatic rings. The molecule has 116 valence electrons. The van der Waals surface area contributed by atoms with Crippen LogP contribution in [-0.2, 0) is 4.79 Å². The Labute approximate surface area is 138 Å². The average Bonchev–Trinajstić information content (AvgIpc) is 2.97. The summed E-state index contributed by atoms with van der Waals surface area (Å²) in [6, 6.07) is 17.1. The molecular formula is C17H15N3O2S. The van der Waals surface area contributed by atoms with E-state index in [9.17, 15) is 4.79 Å². The van der Waals surface area contributed by atoms with Gasteiger partial charge in [0.1, 0.15) is 11.0 Å². The van der Waals surface area contributed by atoms with Crippen LogP contribution in [0.2, 0.25) is 0 Å². The monoisotopic (exact) mass is 325 g/mol. The van der Waals surface area contributed by atoms with Crippen molar-refractivity contribution in [2.45, 2.75) is 5.25 Å². The van der Waals surface area contributed by atoms with Crippen LogP contribution < -0.4 is 10.1 Å². The number of nitrogens with one attached hydrogen (secondary N) is 1. The number of hydrogen-bond donors (Lipinski definition) is 1. The summed E-state index contributed by atoms with van der Waals surface area (Å²) in [6.45, 7) is 0. The van der Waals surface area contributed by atoms with Crippen molar-refractivity contribution in [3.63, 3.8) is 0 Å². The van der Waals surface area contributed by atoms with Gasteiger partial charge in [0.15, 0.2) is 5.17 Å². The molecule has 1 fully saturated rings. The first-order valence-electron chi connectivity index (χ1n) is 7.04. The highest BCUT2D eigenvalue weighted by atomic mass is 32.2. The number of nitrogens with zero attached hydrogens (tertiary/aromatic N) is 2. The predicted octanol–water partition coefficient (Wildman–Crippen LogP) is 2.99. The molecular weight excluding hydrogens is 310 g/mol. The van der Waals surface area contributed by atoms with Gasteiger partial charge in [0.05, 0.1) is 13.3 Å². The van der Waals surface area contributed by atoms with Crippen molar-refractivity contribution >= 4 is 29.1 Å². The van der Waals surface area contributed by atoms with Gasteiger partial charge in [0.25, 0.3) is 0 Å². The zero-order valence-electron chi connectivity index (χ0n) is 12.5. The lowest BCUT2D eigenvalue weighted by atomic mass is 10.1. The first-order valence-corrected chi connectivity index (χ1v) is 7.92. The van der Waals surface area contributed by atoms with Crippen LogP contribution in [0.4, 0.5) is 0 Å². The van der Waals surface area contributed by atoms with Crippen LogP contribution >= 0.6 is 11.8 Å². The highest BCUT2D eigenvalue weighted by Gasteiger charge is 2.31. The third-order valence-electron chi connectivity index (χ3n) is 3.27. The van der Waals surface area contributed by atoms with Gasteiger partial charge in [0.2, 0.25) is 5.91 Å². The molecule has 2 aromatic carbocycles. The summed E-state index contributed by atoms with van der Waals surface area (Å²) in [7, 11) is 1.62. The molecule has 6 heteroatoms. The van der Waals surface area contributed by atoms with Crippen molar-refractivity contribution in [1.29, 1.82) is 0 Å². The summed E-state index contributed by atoms with van der Waals surface area (Å²) in [5.41, 5.74) is 1.86. The maximum Gasteiger partial charge on any atom is 0.244 e. The summed E-state index contributed by atoms with van der Waals surface area (Å²) in [5.74, 6) is 0.720. The highest BCUT2D eigenvalue weighted by molar-refractivity contribution is 8.15. The second-order valence-corrected chi connectivity index (χ2v) is 5.91. The fourth-order valence-electron chi connectivity index (χ4n) is 2.10. The lowest BCUT2D eigenvalue weighted by molar-refractivity contribution is -0.118. The summed E-state index contributed by atoms with van der Waals surface area (Å²) >= 11 is 1.37. The van der Waals surface area contributed by atoms with E-state index in [2.05, 4.69) is 15.5 Å². The maximum absolute atomic E-state index is 12.0. The van der Waals surface area contributed by atoms with E-state index < -0.39 is 0 Å². The van der Waals surface area contributed by atoms with Gasteiger partial charge >= 0.3 is 0 Å². The first kappa shape index (κ1) is 15.3. The quantitative estimate of drug-likeness (QED) is 0.694. The number of hydrogen-bond acceptors (Lipinski definition) is 5. The second kappa shape index (κ2) is 7.11. The normalized spacial score (nSPS) is 19.3. The largest absolute Gasteiger partial charge is 0.497 e. The Bertz CT molecular complexity index is 742. The Morgan fingerprint density at radius 3 is 2.57 bits per heavy atom. The van der Waals surface area contributed by atoms with Crippen LogP contribution in [0.15, 0.2) is 64.8 Å². The minimum Gasteiger partial charge on any atom is -0.497 e. The van der Waals surface area contributed by atoms with E-state index in [1.165, 1.54) is 11.8 Å². The van der Waals surface area contributed by atoms with E-state index in [4.69, 9.17) is 4.74 Å². The SMILES string of the molecule is COc1ccc(/C=N/N=C2/NC(=O)[C@@H](c3ccccc3)S2)cc1. The number of amides is 1. The fourth-order valence-corrected chi connectivity index (χ4v) is 3.04. The number of amidine groups is 1. The van der Waals surface area contributed by atoms with E-state index in [1.54, 1.807) is 13.3 Å². The van der Waals surface area contributed by atoms with E-state index in [1.807, 2.05) is 54.6 Å². The van der Waals surface area contributed by atoms with Crippen molar-refractivity contribution in [3.05, 3.63) is 65.7 Å². The zero-order chi connectivity index (χ0) is 16.1. The van der Waals surface area contributed by atoms with Crippen LogP contribution in [0, 0.1) is 0 Å². The number of methoxy groups -OCH3 is 1. The smallest absolute Gasteiger partial charge is 0.244 e. The molecule has 0 saturated carbocycles. The van der Waals surface area contributed by atoms with Crippen LogP contribution in [0.25, 0.3) is 0 Å². The van der Waals surface area contributed by atoms with Gasteiger partial charge in [-0.05, 0) is 35.4 Å². The minimum absolute atomic E-state index is 0.0698. The second-order valence-electron chi connectivity index (χ2n) is 4.82. The van der Waals surface area contributed by atoms with Crippen molar-refractivity contribution in [2.75, 3.05) is 7.11 Å². The van der Waals surface area contributed by atoms with Crippen molar-refractivity contribution in [3.8, 4) is 5.75 Å². The number of carbonyl (C=O) groups excluding carboxylic acids is 1. The number of benzene rings is 2. The Hall–Kier alpha value is -2.60. The lowest BCUT2D eigenvalue weighted by Gasteiger charge is -2.03. The number of thioether (sulfide) groups is 1. The molecule has 3 rings (SSSR count). The third kappa shape index (κ3) is 3.78. The Morgan fingerprint density at radius 2 is 1.87 bits per heavy atom. The molecule has 1 atom stereocenters. The maximum atomic E-state index is 12.0.